The van der Waals surface area contributed by atoms with Crippen molar-refractivity contribution >= 4 is 17.7 Å². The van der Waals surface area contributed by atoms with E-state index in [1.807, 2.05) is 25.9 Å². The predicted molar refractivity (Wildman–Crippen MR) is 95.7 cm³/mol. The van der Waals surface area contributed by atoms with Gasteiger partial charge in [-0.1, -0.05) is 20.8 Å². The van der Waals surface area contributed by atoms with Gasteiger partial charge in [-0.2, -0.15) is 36.4 Å². The summed E-state index contributed by atoms with van der Waals surface area (Å²) >= 11 is 0. The first kappa shape index (κ1) is 23.2. The molecule has 0 spiro atoms. The lowest BCUT2D eigenvalue weighted by Crippen LogP contribution is -2.37. The fourth-order valence-electron chi connectivity index (χ4n) is 1.97. The molecule has 2 rings (SSSR count). The van der Waals surface area contributed by atoms with Gasteiger partial charge in [-0.3, -0.25) is 14.9 Å². The van der Waals surface area contributed by atoms with Crippen LogP contribution in [-0.4, -0.2) is 33.6 Å². The van der Waals surface area contributed by atoms with Crippen molar-refractivity contribution in [2.24, 2.45) is 10.4 Å². The number of aliphatic imine (C=N–C) groups is 1. The maximum absolute atomic E-state index is 12.7. The van der Waals surface area contributed by atoms with E-state index in [9.17, 15) is 31.1 Å². The van der Waals surface area contributed by atoms with Gasteiger partial charge in [0.2, 0.25) is 5.96 Å². The molecule has 0 saturated carbocycles. The molecule has 2 heterocycles. The maximum atomic E-state index is 12.7. The largest absolute Gasteiger partial charge is 0.433 e. The number of aromatic amines is 1. The van der Waals surface area contributed by atoms with Crippen LogP contribution in [-0.2, 0) is 12.4 Å². The minimum absolute atomic E-state index is 0.227. The maximum Gasteiger partial charge on any atom is 0.433 e. The second kappa shape index (κ2) is 8.32. The lowest BCUT2D eigenvalue weighted by molar-refractivity contribution is -0.142. The fourth-order valence-corrected chi connectivity index (χ4v) is 1.97. The Kier molecular flexibility index (Phi) is 6.42. The molecule has 0 aromatic carbocycles. The summed E-state index contributed by atoms with van der Waals surface area (Å²) in [5.41, 5.74) is -2.82. The van der Waals surface area contributed by atoms with E-state index >= 15 is 0 Å². The van der Waals surface area contributed by atoms with Crippen molar-refractivity contribution in [3.8, 4) is 0 Å². The average Bonchev–Trinajstić information content (AvgIpc) is 3.07. The summed E-state index contributed by atoms with van der Waals surface area (Å²) in [6.07, 6.45) is -8.60. The molecular formula is C17H18F6N6O. The van der Waals surface area contributed by atoms with E-state index in [1.165, 1.54) is 0 Å². The highest BCUT2D eigenvalue weighted by molar-refractivity contribution is 6.06. The van der Waals surface area contributed by atoms with Crippen LogP contribution < -0.4 is 10.6 Å². The number of anilines is 1. The number of pyridine rings is 1. The van der Waals surface area contributed by atoms with Gasteiger partial charge in [0.25, 0.3) is 5.91 Å². The number of hydrogen-bond acceptors (Lipinski definition) is 3. The third-order valence-electron chi connectivity index (χ3n) is 3.43. The van der Waals surface area contributed by atoms with E-state index < -0.39 is 29.6 Å². The highest BCUT2D eigenvalue weighted by Gasteiger charge is 2.33. The van der Waals surface area contributed by atoms with Crippen molar-refractivity contribution in [2.45, 2.75) is 33.1 Å². The van der Waals surface area contributed by atoms with Crippen molar-refractivity contribution < 1.29 is 31.1 Å². The molecule has 0 aliphatic heterocycles. The molecule has 7 nitrogen and oxygen atoms in total. The third kappa shape index (κ3) is 6.74. The van der Waals surface area contributed by atoms with Gasteiger partial charge in [0.15, 0.2) is 5.82 Å². The van der Waals surface area contributed by atoms with Crippen molar-refractivity contribution in [1.29, 1.82) is 0 Å². The highest BCUT2D eigenvalue weighted by atomic mass is 19.4. The predicted octanol–water partition coefficient (Wildman–Crippen LogP) is 4.09. The molecule has 0 fully saturated rings. The number of guanidine groups is 1. The summed E-state index contributed by atoms with van der Waals surface area (Å²) in [6, 6.07) is 2.21. The quantitative estimate of drug-likeness (QED) is 0.383. The first-order chi connectivity index (χ1) is 13.6. The van der Waals surface area contributed by atoms with E-state index in [4.69, 9.17) is 0 Å². The monoisotopic (exact) mass is 436 g/mol. The number of amides is 1. The minimum Gasteiger partial charge on any atom is -0.355 e. The second-order valence-electron chi connectivity index (χ2n) is 7.40. The van der Waals surface area contributed by atoms with Crippen LogP contribution in [0.4, 0.5) is 32.2 Å². The highest BCUT2D eigenvalue weighted by Crippen LogP contribution is 2.29. The number of halogens is 6. The lowest BCUT2D eigenvalue weighted by Gasteiger charge is -2.20. The molecule has 0 unspecified atom stereocenters. The number of nitrogens with one attached hydrogen (secondary N) is 3. The second-order valence-corrected chi connectivity index (χ2v) is 7.40. The van der Waals surface area contributed by atoms with E-state index in [0.29, 0.717) is 18.3 Å². The number of nitrogens with zero attached hydrogens (tertiary/aromatic N) is 3. The number of alkyl halides is 6. The van der Waals surface area contributed by atoms with Crippen molar-refractivity contribution in [3.63, 3.8) is 0 Å². The number of hydrogen-bond donors (Lipinski definition) is 3. The molecule has 164 valence electrons. The summed E-state index contributed by atoms with van der Waals surface area (Å²) in [5.74, 6) is -1.44. The van der Waals surface area contributed by atoms with Gasteiger partial charge in [0.1, 0.15) is 11.4 Å². The first-order valence-corrected chi connectivity index (χ1v) is 8.45. The zero-order valence-corrected chi connectivity index (χ0v) is 16.0. The van der Waals surface area contributed by atoms with Crippen molar-refractivity contribution in [1.82, 2.24) is 20.5 Å². The summed E-state index contributed by atoms with van der Waals surface area (Å²) in [6.45, 7) is 5.84. The molecule has 0 saturated heterocycles. The van der Waals surface area contributed by atoms with E-state index in [2.05, 4.69) is 25.7 Å². The standard InChI is InChI=1S/C17H18F6N6O/c1-15(2,3)8-25-14(26-12-6-11(28-29-12)17(21,22)23)27-13(30)9-4-5-10(24-7-9)16(18,19)20/h4-7H,8H2,1-3H3,(H3,25,26,27,28,29,30). The normalized spacial score (nSPS) is 13.3. The molecule has 2 aromatic heterocycles. The van der Waals surface area contributed by atoms with Crippen LogP contribution in [0.5, 0.6) is 0 Å². The molecule has 13 heteroatoms. The SMILES string of the molecule is CC(C)(C)CN/C(=N/C(=O)c1ccc(C(F)(F)F)nc1)Nc1cc(C(F)(F)F)[nH]n1. The third-order valence-corrected chi connectivity index (χ3v) is 3.43. The average molecular weight is 436 g/mol. The Balaban J connectivity index is 2.25. The van der Waals surface area contributed by atoms with Crippen LogP contribution in [0.1, 0.15) is 42.5 Å². The Morgan fingerprint density at radius 1 is 1.10 bits per heavy atom. The molecular weight excluding hydrogens is 418 g/mol. The van der Waals surface area contributed by atoms with Gasteiger partial charge in [0, 0.05) is 18.8 Å². The van der Waals surface area contributed by atoms with Crippen LogP contribution in [0.2, 0.25) is 0 Å². The minimum atomic E-state index is -4.66. The Labute approximate surface area is 167 Å². The molecule has 0 aliphatic carbocycles. The molecule has 0 aliphatic rings. The topological polar surface area (TPSA) is 95.1 Å². The molecule has 0 atom stereocenters. The molecule has 1 amide bonds. The van der Waals surface area contributed by atoms with Crippen molar-refractivity contribution in [3.05, 3.63) is 41.3 Å². The molecule has 30 heavy (non-hydrogen) atoms. The smallest absolute Gasteiger partial charge is 0.355 e. The fraction of sp³-hybridized carbons (Fsp3) is 0.412. The van der Waals surface area contributed by atoms with Crippen LogP contribution in [0.3, 0.4) is 0 Å². The van der Waals surface area contributed by atoms with Gasteiger partial charge < -0.3 is 10.6 Å². The summed E-state index contributed by atoms with van der Waals surface area (Å²) < 4.78 is 75.9. The Bertz CT molecular complexity index is 909. The molecule has 3 N–H and O–H groups in total. The lowest BCUT2D eigenvalue weighted by atomic mass is 9.97. The Hall–Kier alpha value is -3.12. The van der Waals surface area contributed by atoms with Gasteiger partial charge in [-0.05, 0) is 17.5 Å². The summed E-state index contributed by atoms with van der Waals surface area (Å²) in [5, 5.41) is 10.5. The zero-order chi connectivity index (χ0) is 22.7. The van der Waals surface area contributed by atoms with Crippen molar-refractivity contribution in [2.75, 3.05) is 11.9 Å². The van der Waals surface area contributed by atoms with Crippen LogP contribution in [0.25, 0.3) is 0 Å². The van der Waals surface area contributed by atoms with Gasteiger partial charge in [-0.25, -0.2) is 0 Å². The number of carbonyl (C=O) groups is 1. The molecule has 0 radical (unpaired) electrons. The Morgan fingerprint density at radius 2 is 1.77 bits per heavy atom. The molecule has 0 bridgehead atoms. The van der Waals surface area contributed by atoms with Crippen LogP contribution in [0, 0.1) is 5.41 Å². The summed E-state index contributed by atoms with van der Waals surface area (Å²) in [7, 11) is 0. The number of H-pyrrole nitrogens is 1. The number of aromatic nitrogens is 3. The Morgan fingerprint density at radius 3 is 2.23 bits per heavy atom. The number of rotatable bonds is 3. The zero-order valence-electron chi connectivity index (χ0n) is 16.0. The summed E-state index contributed by atoms with van der Waals surface area (Å²) in [4.78, 5) is 19.2. The van der Waals surface area contributed by atoms with Crippen LogP contribution >= 0.6 is 0 Å². The van der Waals surface area contributed by atoms with Gasteiger partial charge in [0.05, 0.1) is 5.56 Å². The van der Waals surface area contributed by atoms with E-state index in [-0.39, 0.29) is 29.3 Å². The molecule has 2 aromatic rings. The van der Waals surface area contributed by atoms with E-state index in [1.54, 1.807) is 0 Å². The van der Waals surface area contributed by atoms with Crippen LogP contribution in [0.15, 0.2) is 29.4 Å². The number of carbonyl (C=O) groups excluding carboxylic acids is 1. The van der Waals surface area contributed by atoms with E-state index in [0.717, 1.165) is 6.07 Å². The first-order valence-electron chi connectivity index (χ1n) is 8.45. The van der Waals surface area contributed by atoms with Gasteiger partial charge in [-0.15, -0.1) is 0 Å². The van der Waals surface area contributed by atoms with Gasteiger partial charge >= 0.3 is 12.4 Å².